The highest BCUT2D eigenvalue weighted by molar-refractivity contribution is 6.00. The van der Waals surface area contributed by atoms with Gasteiger partial charge in [-0.2, -0.15) is 5.10 Å². The number of carbonyl (C=O) groups excluding carboxylic acids is 1. The van der Waals surface area contributed by atoms with E-state index >= 15 is 0 Å². The maximum Gasteiger partial charge on any atom is 0.282 e. The number of rotatable bonds is 3. The van der Waals surface area contributed by atoms with Crippen LogP contribution in [0.4, 0.5) is 5.69 Å². The van der Waals surface area contributed by atoms with E-state index in [1.807, 2.05) is 0 Å². The smallest absolute Gasteiger partial charge is 0.267 e. The molecule has 1 aromatic rings. The Bertz CT molecular complexity index is 711. The number of hydrogen-bond donors (Lipinski definition) is 1. The monoisotopic (exact) mass is 315 g/mol. The Morgan fingerprint density at radius 1 is 1.35 bits per heavy atom. The number of nitro groups is 1. The minimum Gasteiger partial charge on any atom is -0.267 e. The number of amides is 1. The SMILES string of the molecule is CC1(C)[C@@H]2CC[C@]1(C)/C(=N/NC(=O)c1ccccc1[N+](=O)[O-])C2. The zero-order valence-corrected chi connectivity index (χ0v) is 13.6. The normalized spacial score (nSPS) is 29.7. The molecule has 0 radical (unpaired) electrons. The van der Waals surface area contributed by atoms with Crippen molar-refractivity contribution in [2.45, 2.75) is 40.0 Å². The second-order valence-corrected chi connectivity index (χ2v) is 7.27. The van der Waals surface area contributed by atoms with E-state index in [0.29, 0.717) is 5.92 Å². The predicted octanol–water partition coefficient (Wildman–Crippen LogP) is 3.53. The lowest BCUT2D eigenvalue weighted by atomic mass is 9.70. The minimum absolute atomic E-state index is 0.00638. The number of carbonyl (C=O) groups is 1. The van der Waals surface area contributed by atoms with Gasteiger partial charge in [0.2, 0.25) is 0 Å². The fourth-order valence-corrected chi connectivity index (χ4v) is 4.10. The van der Waals surface area contributed by atoms with Crippen LogP contribution in [0.3, 0.4) is 0 Å². The van der Waals surface area contributed by atoms with Crippen molar-refractivity contribution in [3.63, 3.8) is 0 Å². The summed E-state index contributed by atoms with van der Waals surface area (Å²) in [6.45, 7) is 6.73. The van der Waals surface area contributed by atoms with Crippen LogP contribution in [0.25, 0.3) is 0 Å². The van der Waals surface area contributed by atoms with Gasteiger partial charge in [0, 0.05) is 17.2 Å². The van der Waals surface area contributed by atoms with Crippen molar-refractivity contribution in [3.05, 3.63) is 39.9 Å². The van der Waals surface area contributed by atoms with Crippen molar-refractivity contribution in [2.75, 3.05) is 0 Å². The summed E-state index contributed by atoms with van der Waals surface area (Å²) < 4.78 is 0. The largest absolute Gasteiger partial charge is 0.282 e. The van der Waals surface area contributed by atoms with Gasteiger partial charge in [0.1, 0.15) is 5.56 Å². The first-order valence-electron chi connectivity index (χ1n) is 7.88. The molecular formula is C17H21N3O3. The lowest BCUT2D eigenvalue weighted by Gasteiger charge is -2.34. The van der Waals surface area contributed by atoms with E-state index in [1.165, 1.54) is 18.6 Å². The van der Waals surface area contributed by atoms with E-state index < -0.39 is 10.8 Å². The number of hydrazone groups is 1. The third-order valence-electron chi connectivity index (χ3n) is 6.15. The zero-order chi connectivity index (χ0) is 16.8. The van der Waals surface area contributed by atoms with Gasteiger partial charge in [0.05, 0.1) is 4.92 Å². The fraction of sp³-hybridized carbons (Fsp3) is 0.529. The molecule has 1 amide bonds. The van der Waals surface area contributed by atoms with Crippen molar-refractivity contribution in [3.8, 4) is 0 Å². The Balaban J connectivity index is 1.82. The van der Waals surface area contributed by atoms with Gasteiger partial charge in [-0.05, 0) is 36.7 Å². The van der Waals surface area contributed by atoms with Crippen LogP contribution >= 0.6 is 0 Å². The number of hydrogen-bond acceptors (Lipinski definition) is 4. The fourth-order valence-electron chi connectivity index (χ4n) is 4.10. The third-order valence-corrected chi connectivity index (χ3v) is 6.15. The lowest BCUT2D eigenvalue weighted by Crippen LogP contribution is -2.34. The molecule has 1 N–H and O–H groups in total. The number of para-hydroxylation sites is 1. The molecule has 0 unspecified atom stereocenters. The highest BCUT2D eigenvalue weighted by Crippen LogP contribution is 2.63. The molecule has 0 spiro atoms. The molecule has 1 aromatic carbocycles. The van der Waals surface area contributed by atoms with Crippen LogP contribution in [-0.4, -0.2) is 16.5 Å². The number of nitro benzene ring substituents is 1. The standard InChI is InChI=1S/C17H21N3O3/c1-16(2)11-8-9-17(16,3)14(10-11)18-19-15(21)12-6-4-5-7-13(12)20(22)23/h4-7,11H,8-10H2,1-3H3,(H,19,21)/b18-14+/t11-,17-/m1/s1. The summed E-state index contributed by atoms with van der Waals surface area (Å²) in [7, 11) is 0. The van der Waals surface area contributed by atoms with Crippen molar-refractivity contribution in [1.82, 2.24) is 5.43 Å². The maximum atomic E-state index is 12.3. The highest BCUT2D eigenvalue weighted by Gasteiger charge is 2.60. The first kappa shape index (κ1) is 15.6. The quantitative estimate of drug-likeness (QED) is 0.684. The molecule has 2 fully saturated rings. The number of fused-ring (bicyclic) bond motifs is 2. The summed E-state index contributed by atoms with van der Waals surface area (Å²) in [4.78, 5) is 22.7. The summed E-state index contributed by atoms with van der Waals surface area (Å²) in [6.07, 6.45) is 3.16. The van der Waals surface area contributed by atoms with Gasteiger partial charge in [-0.1, -0.05) is 32.9 Å². The molecule has 2 aliphatic carbocycles. The minimum atomic E-state index is -0.552. The van der Waals surface area contributed by atoms with Gasteiger partial charge >= 0.3 is 0 Å². The van der Waals surface area contributed by atoms with Gasteiger partial charge in [-0.15, -0.1) is 0 Å². The molecule has 0 aliphatic heterocycles. The molecule has 6 nitrogen and oxygen atoms in total. The Morgan fingerprint density at radius 3 is 2.61 bits per heavy atom. The maximum absolute atomic E-state index is 12.3. The first-order chi connectivity index (χ1) is 10.8. The molecule has 2 atom stereocenters. The third kappa shape index (κ3) is 2.24. The van der Waals surface area contributed by atoms with E-state index in [0.717, 1.165) is 18.6 Å². The summed E-state index contributed by atoms with van der Waals surface area (Å²) in [6, 6.07) is 5.92. The summed E-state index contributed by atoms with van der Waals surface area (Å²) in [5.41, 5.74) is 3.54. The van der Waals surface area contributed by atoms with Crippen LogP contribution < -0.4 is 5.43 Å². The Labute approximate surface area is 135 Å². The van der Waals surface area contributed by atoms with E-state index in [1.54, 1.807) is 12.1 Å². The van der Waals surface area contributed by atoms with Crippen LogP contribution in [0.15, 0.2) is 29.4 Å². The lowest BCUT2D eigenvalue weighted by molar-refractivity contribution is -0.385. The Kier molecular flexibility index (Phi) is 3.50. The number of nitrogens with zero attached hydrogens (tertiary/aromatic N) is 2. The van der Waals surface area contributed by atoms with Gasteiger partial charge < -0.3 is 0 Å². The molecular weight excluding hydrogens is 294 g/mol. The van der Waals surface area contributed by atoms with Gasteiger partial charge in [-0.25, -0.2) is 5.43 Å². The molecule has 0 aromatic heterocycles. The molecule has 0 saturated heterocycles. The Hall–Kier alpha value is -2.24. The highest BCUT2D eigenvalue weighted by atomic mass is 16.6. The zero-order valence-electron chi connectivity index (χ0n) is 13.6. The van der Waals surface area contributed by atoms with E-state index in [9.17, 15) is 14.9 Å². The molecule has 2 aliphatic rings. The summed E-state index contributed by atoms with van der Waals surface area (Å²) >= 11 is 0. The van der Waals surface area contributed by atoms with Crippen LogP contribution in [0, 0.1) is 26.9 Å². The molecule has 3 rings (SSSR count). The van der Waals surface area contributed by atoms with E-state index in [4.69, 9.17) is 0 Å². The molecule has 122 valence electrons. The van der Waals surface area contributed by atoms with E-state index in [-0.39, 0.29) is 22.1 Å². The second kappa shape index (κ2) is 5.15. The number of benzene rings is 1. The van der Waals surface area contributed by atoms with Crippen molar-refractivity contribution in [2.24, 2.45) is 21.8 Å². The van der Waals surface area contributed by atoms with Crippen molar-refractivity contribution in [1.29, 1.82) is 0 Å². The van der Waals surface area contributed by atoms with Crippen molar-refractivity contribution < 1.29 is 9.72 Å². The average Bonchev–Trinajstić information content (AvgIpc) is 2.85. The van der Waals surface area contributed by atoms with Crippen molar-refractivity contribution >= 4 is 17.3 Å². The van der Waals surface area contributed by atoms with Gasteiger partial charge in [-0.3, -0.25) is 14.9 Å². The van der Waals surface area contributed by atoms with Crippen LogP contribution in [0.5, 0.6) is 0 Å². The predicted molar refractivity (Wildman–Crippen MR) is 87.2 cm³/mol. The summed E-state index contributed by atoms with van der Waals surface area (Å²) in [5, 5.41) is 15.4. The van der Waals surface area contributed by atoms with Crippen LogP contribution in [0.2, 0.25) is 0 Å². The van der Waals surface area contributed by atoms with Crippen LogP contribution in [-0.2, 0) is 0 Å². The first-order valence-corrected chi connectivity index (χ1v) is 7.88. The van der Waals surface area contributed by atoms with Gasteiger partial charge in [0.15, 0.2) is 0 Å². The average molecular weight is 315 g/mol. The van der Waals surface area contributed by atoms with Crippen LogP contribution in [0.1, 0.15) is 50.4 Å². The number of nitrogens with one attached hydrogen (secondary N) is 1. The topological polar surface area (TPSA) is 84.6 Å². The molecule has 2 bridgehead atoms. The molecule has 23 heavy (non-hydrogen) atoms. The molecule has 0 heterocycles. The van der Waals surface area contributed by atoms with Gasteiger partial charge in [0.25, 0.3) is 11.6 Å². The second-order valence-electron chi connectivity index (χ2n) is 7.27. The Morgan fingerprint density at radius 2 is 2.04 bits per heavy atom. The summed E-state index contributed by atoms with van der Waals surface area (Å²) in [5.74, 6) is 0.0585. The van der Waals surface area contributed by atoms with E-state index in [2.05, 4.69) is 31.3 Å². The molecule has 6 heteroatoms. The molecule has 2 saturated carbocycles.